The van der Waals surface area contributed by atoms with Crippen LogP contribution >= 0.6 is 0 Å². The van der Waals surface area contributed by atoms with E-state index in [9.17, 15) is 0 Å². The van der Waals surface area contributed by atoms with E-state index >= 15 is 0 Å². The van der Waals surface area contributed by atoms with Crippen molar-refractivity contribution in [3.05, 3.63) is 0 Å². The summed E-state index contributed by atoms with van der Waals surface area (Å²) in [6, 6.07) is 0. The van der Waals surface area contributed by atoms with Gasteiger partial charge in [-0.15, -0.1) is 0 Å². The van der Waals surface area contributed by atoms with Crippen molar-refractivity contribution >= 4 is 0 Å². The van der Waals surface area contributed by atoms with Crippen LogP contribution in [0, 0.1) is 10.8 Å². The zero-order chi connectivity index (χ0) is 17.3. The van der Waals surface area contributed by atoms with Crippen LogP contribution < -0.4 is 0 Å². The van der Waals surface area contributed by atoms with Crippen molar-refractivity contribution in [2.75, 3.05) is 52.5 Å². The first kappa shape index (κ1) is 20.9. The molecule has 3 nitrogen and oxygen atoms in total. The van der Waals surface area contributed by atoms with Gasteiger partial charge in [-0.3, -0.25) is 4.90 Å². The predicted molar refractivity (Wildman–Crippen MR) is 101 cm³/mol. The summed E-state index contributed by atoms with van der Waals surface area (Å²) >= 11 is 0. The molecule has 0 atom stereocenters. The summed E-state index contributed by atoms with van der Waals surface area (Å²) < 4.78 is 5.29. The van der Waals surface area contributed by atoms with Gasteiger partial charge in [-0.2, -0.15) is 0 Å². The Morgan fingerprint density at radius 2 is 1.04 bits per heavy atom. The highest BCUT2D eigenvalue weighted by Gasteiger charge is 2.16. The molecule has 2 fully saturated rings. The van der Waals surface area contributed by atoms with E-state index in [0.717, 1.165) is 26.3 Å². The van der Waals surface area contributed by atoms with Gasteiger partial charge in [0.15, 0.2) is 0 Å². The first-order valence-electron chi connectivity index (χ1n) is 9.68. The molecule has 2 aliphatic rings. The van der Waals surface area contributed by atoms with Gasteiger partial charge in [0.2, 0.25) is 0 Å². The Balaban J connectivity index is 0.000000231. The second-order valence-corrected chi connectivity index (χ2v) is 9.62. The monoisotopic (exact) mass is 326 g/mol. The van der Waals surface area contributed by atoms with Gasteiger partial charge in [-0.1, -0.05) is 41.5 Å². The second kappa shape index (κ2) is 10.0. The lowest BCUT2D eigenvalue weighted by Gasteiger charge is -2.29. The summed E-state index contributed by atoms with van der Waals surface area (Å²) in [6.07, 6.45) is 5.47. The molecule has 0 N–H and O–H groups in total. The van der Waals surface area contributed by atoms with Gasteiger partial charge < -0.3 is 9.64 Å². The summed E-state index contributed by atoms with van der Waals surface area (Å²) in [5, 5.41) is 0. The summed E-state index contributed by atoms with van der Waals surface area (Å²) in [5.74, 6) is 0. The molecular weight excluding hydrogens is 284 g/mol. The third-order valence-corrected chi connectivity index (χ3v) is 4.66. The fourth-order valence-corrected chi connectivity index (χ4v) is 2.82. The third-order valence-electron chi connectivity index (χ3n) is 4.66. The molecule has 0 bridgehead atoms. The Morgan fingerprint density at radius 1 is 0.652 bits per heavy atom. The number of hydrogen-bond donors (Lipinski definition) is 0. The molecule has 0 aliphatic carbocycles. The zero-order valence-corrected chi connectivity index (χ0v) is 16.8. The van der Waals surface area contributed by atoms with E-state index in [-0.39, 0.29) is 0 Å². The maximum Gasteiger partial charge on any atom is 0.0594 e. The van der Waals surface area contributed by atoms with E-state index in [2.05, 4.69) is 51.3 Å². The van der Waals surface area contributed by atoms with Gasteiger partial charge in [-0.05, 0) is 62.7 Å². The molecule has 0 spiro atoms. The van der Waals surface area contributed by atoms with Crippen LogP contribution in [0.1, 0.15) is 67.2 Å². The molecule has 0 amide bonds. The fraction of sp³-hybridized carbons (Fsp3) is 1.00. The third kappa shape index (κ3) is 12.0. The average Bonchev–Trinajstić information content (AvgIpc) is 2.97. The van der Waals surface area contributed by atoms with Gasteiger partial charge in [0.05, 0.1) is 13.2 Å². The average molecular weight is 327 g/mol. The number of rotatable bonds is 4. The molecular formula is C20H42N2O. The number of nitrogens with zero attached hydrogens (tertiary/aromatic N) is 2. The molecule has 0 radical (unpaired) electrons. The second-order valence-electron chi connectivity index (χ2n) is 9.62. The molecule has 0 aromatic heterocycles. The van der Waals surface area contributed by atoms with Gasteiger partial charge >= 0.3 is 0 Å². The van der Waals surface area contributed by atoms with E-state index in [1.807, 2.05) is 0 Å². The Hall–Kier alpha value is -0.120. The van der Waals surface area contributed by atoms with Crippen molar-refractivity contribution in [3.8, 4) is 0 Å². The molecule has 138 valence electrons. The predicted octanol–water partition coefficient (Wildman–Crippen LogP) is 4.27. The quantitative estimate of drug-likeness (QED) is 0.767. The number of ether oxygens (including phenoxy) is 1. The number of likely N-dealkylation sites (tertiary alicyclic amines) is 1. The number of hydrogen-bond acceptors (Lipinski definition) is 3. The van der Waals surface area contributed by atoms with E-state index in [1.165, 1.54) is 51.9 Å². The highest BCUT2D eigenvalue weighted by Crippen LogP contribution is 2.20. The minimum atomic E-state index is 0.471. The van der Waals surface area contributed by atoms with E-state index in [4.69, 9.17) is 4.74 Å². The Bertz CT molecular complexity index is 292. The van der Waals surface area contributed by atoms with Crippen LogP contribution in [0.25, 0.3) is 0 Å². The van der Waals surface area contributed by atoms with Crippen molar-refractivity contribution in [2.45, 2.75) is 67.2 Å². The van der Waals surface area contributed by atoms with E-state index in [1.54, 1.807) is 0 Å². The standard InChI is InChI=1S/C10H21NO.C10H21N/c1-10(2,3)4-5-11-6-8-12-9-7-11;1-10(2,3)6-9-11-7-4-5-8-11/h4-9H2,1-3H3;4-9H2,1-3H3. The largest absolute Gasteiger partial charge is 0.379 e. The topological polar surface area (TPSA) is 15.7 Å². The van der Waals surface area contributed by atoms with Crippen molar-refractivity contribution in [3.63, 3.8) is 0 Å². The van der Waals surface area contributed by atoms with Crippen LogP contribution in [0.4, 0.5) is 0 Å². The zero-order valence-electron chi connectivity index (χ0n) is 16.8. The molecule has 2 saturated heterocycles. The summed E-state index contributed by atoms with van der Waals surface area (Å²) in [4.78, 5) is 5.08. The van der Waals surface area contributed by atoms with Crippen molar-refractivity contribution < 1.29 is 4.74 Å². The minimum absolute atomic E-state index is 0.471. The molecule has 0 saturated carbocycles. The Labute approximate surface area is 145 Å². The van der Waals surface area contributed by atoms with Crippen LogP contribution in [-0.4, -0.2) is 62.3 Å². The highest BCUT2D eigenvalue weighted by molar-refractivity contribution is 4.70. The molecule has 2 heterocycles. The van der Waals surface area contributed by atoms with Gasteiger partial charge in [0, 0.05) is 13.1 Å². The smallest absolute Gasteiger partial charge is 0.0594 e. The molecule has 23 heavy (non-hydrogen) atoms. The minimum Gasteiger partial charge on any atom is -0.379 e. The lowest BCUT2D eigenvalue weighted by atomic mass is 9.92. The van der Waals surface area contributed by atoms with Crippen LogP contribution in [0.2, 0.25) is 0 Å². The SMILES string of the molecule is CC(C)(C)CCN1CCCC1.CC(C)(C)CCN1CCOCC1. The fourth-order valence-electron chi connectivity index (χ4n) is 2.82. The first-order chi connectivity index (χ1) is 10.7. The Morgan fingerprint density at radius 3 is 1.43 bits per heavy atom. The van der Waals surface area contributed by atoms with Gasteiger partial charge in [0.1, 0.15) is 0 Å². The van der Waals surface area contributed by atoms with Crippen molar-refractivity contribution in [2.24, 2.45) is 10.8 Å². The van der Waals surface area contributed by atoms with Crippen LogP contribution in [-0.2, 0) is 4.74 Å². The normalized spacial score (nSPS) is 21.1. The molecule has 0 aromatic carbocycles. The molecule has 0 unspecified atom stereocenters. The van der Waals surface area contributed by atoms with Gasteiger partial charge in [-0.25, -0.2) is 0 Å². The lowest BCUT2D eigenvalue weighted by molar-refractivity contribution is 0.0333. The summed E-state index contributed by atoms with van der Waals surface area (Å²) in [7, 11) is 0. The maximum absolute atomic E-state index is 5.29. The van der Waals surface area contributed by atoms with Crippen LogP contribution in [0.15, 0.2) is 0 Å². The van der Waals surface area contributed by atoms with Gasteiger partial charge in [0.25, 0.3) is 0 Å². The summed E-state index contributed by atoms with van der Waals surface area (Å²) in [5.41, 5.74) is 0.987. The molecule has 3 heteroatoms. The van der Waals surface area contributed by atoms with Crippen molar-refractivity contribution in [1.82, 2.24) is 9.80 Å². The highest BCUT2D eigenvalue weighted by atomic mass is 16.5. The molecule has 2 rings (SSSR count). The Kier molecular flexibility index (Phi) is 9.10. The maximum atomic E-state index is 5.29. The van der Waals surface area contributed by atoms with E-state index in [0.29, 0.717) is 10.8 Å². The molecule has 2 aliphatic heterocycles. The first-order valence-corrected chi connectivity index (χ1v) is 9.68. The lowest BCUT2D eigenvalue weighted by Crippen LogP contribution is -2.37. The molecule has 0 aromatic rings. The summed E-state index contributed by atoms with van der Waals surface area (Å²) in [6.45, 7) is 23.2. The van der Waals surface area contributed by atoms with Crippen LogP contribution in [0.5, 0.6) is 0 Å². The van der Waals surface area contributed by atoms with Crippen LogP contribution in [0.3, 0.4) is 0 Å². The number of morpholine rings is 1. The van der Waals surface area contributed by atoms with Crippen molar-refractivity contribution in [1.29, 1.82) is 0 Å². The van der Waals surface area contributed by atoms with E-state index < -0.39 is 0 Å².